The van der Waals surface area contributed by atoms with Gasteiger partial charge in [0.05, 0.1) is 16.4 Å². The lowest BCUT2D eigenvalue weighted by atomic mass is 10.2. The van der Waals surface area contributed by atoms with Gasteiger partial charge >= 0.3 is 0 Å². The van der Waals surface area contributed by atoms with E-state index >= 15 is 0 Å². The first-order valence-corrected chi connectivity index (χ1v) is 6.63. The second-order valence-corrected chi connectivity index (χ2v) is 5.05. The van der Waals surface area contributed by atoms with Gasteiger partial charge in [0.15, 0.2) is 0 Å². The summed E-state index contributed by atoms with van der Waals surface area (Å²) in [6.45, 7) is 3.87. The molecule has 0 aliphatic carbocycles. The summed E-state index contributed by atoms with van der Waals surface area (Å²) in [6.07, 6.45) is 2.36. The Bertz CT molecular complexity index is 602. The van der Waals surface area contributed by atoms with Crippen molar-refractivity contribution in [2.75, 3.05) is 23.7 Å². The van der Waals surface area contributed by atoms with Crippen LogP contribution in [0.1, 0.15) is 18.5 Å². The highest BCUT2D eigenvalue weighted by atomic mass is 35.5. The van der Waals surface area contributed by atoms with E-state index in [0.717, 1.165) is 24.6 Å². The lowest BCUT2D eigenvalue weighted by Crippen LogP contribution is -2.19. The van der Waals surface area contributed by atoms with E-state index in [4.69, 9.17) is 17.3 Å². The largest absolute Gasteiger partial charge is 0.368 e. The van der Waals surface area contributed by atoms with Gasteiger partial charge in [0.1, 0.15) is 11.5 Å². The lowest BCUT2D eigenvalue weighted by molar-refractivity contribution is 0.931. The Morgan fingerprint density at radius 3 is 2.68 bits per heavy atom. The number of nitrogens with one attached hydrogen (secondary N) is 1. The van der Waals surface area contributed by atoms with Gasteiger partial charge in [-0.3, -0.25) is 5.10 Å². The number of anilines is 2. The van der Waals surface area contributed by atoms with Gasteiger partial charge in [0.2, 0.25) is 5.95 Å². The molecule has 1 saturated heterocycles. The van der Waals surface area contributed by atoms with Crippen LogP contribution in [0.5, 0.6) is 0 Å². The molecule has 2 aromatic heterocycles. The van der Waals surface area contributed by atoms with Crippen molar-refractivity contribution in [1.29, 1.82) is 0 Å². The smallest absolute Gasteiger partial charge is 0.222 e. The molecule has 0 atom stereocenters. The van der Waals surface area contributed by atoms with Crippen molar-refractivity contribution < 1.29 is 0 Å². The molecule has 19 heavy (non-hydrogen) atoms. The summed E-state index contributed by atoms with van der Waals surface area (Å²) < 4.78 is 0. The summed E-state index contributed by atoms with van der Waals surface area (Å²) in [5.41, 5.74) is 7.88. The molecular formula is C12H15ClN6. The minimum atomic E-state index is 0.246. The maximum atomic E-state index is 6.20. The first-order chi connectivity index (χ1) is 9.15. The van der Waals surface area contributed by atoms with E-state index in [1.165, 1.54) is 12.8 Å². The van der Waals surface area contributed by atoms with Crippen LogP contribution in [0.4, 0.5) is 11.8 Å². The molecule has 7 heteroatoms. The molecule has 100 valence electrons. The minimum absolute atomic E-state index is 0.246. The summed E-state index contributed by atoms with van der Waals surface area (Å²) >= 11 is 6.20. The van der Waals surface area contributed by atoms with Crippen molar-refractivity contribution in [3.63, 3.8) is 0 Å². The third kappa shape index (κ3) is 2.23. The van der Waals surface area contributed by atoms with Gasteiger partial charge < -0.3 is 10.6 Å². The lowest BCUT2D eigenvalue weighted by Gasteiger charge is -2.16. The number of nitrogen functional groups attached to an aromatic ring is 1. The predicted molar refractivity (Wildman–Crippen MR) is 75.2 cm³/mol. The molecular weight excluding hydrogens is 264 g/mol. The Balaban J connectivity index is 2.04. The van der Waals surface area contributed by atoms with Crippen LogP contribution in [-0.2, 0) is 0 Å². The first kappa shape index (κ1) is 12.2. The van der Waals surface area contributed by atoms with Crippen LogP contribution in [0.15, 0.2) is 6.07 Å². The van der Waals surface area contributed by atoms with Crippen LogP contribution in [0, 0.1) is 6.92 Å². The fourth-order valence-corrected chi connectivity index (χ4v) is 2.45. The highest BCUT2D eigenvalue weighted by molar-refractivity contribution is 6.33. The zero-order chi connectivity index (χ0) is 13.4. The molecule has 2 aromatic rings. The van der Waals surface area contributed by atoms with E-state index in [-0.39, 0.29) is 5.95 Å². The fraction of sp³-hybridized carbons (Fsp3) is 0.417. The second kappa shape index (κ2) is 4.70. The standard InChI is InChI=1S/C12H15ClN6/c1-7-10(13)11(18-17-7)8-6-9(16-12(14)15-8)19-4-2-3-5-19/h6H,2-5H2,1H3,(H,17,18)(H2,14,15,16). The van der Waals surface area contributed by atoms with Gasteiger partial charge in [-0.05, 0) is 19.8 Å². The summed E-state index contributed by atoms with van der Waals surface area (Å²) in [5.74, 6) is 1.09. The first-order valence-electron chi connectivity index (χ1n) is 6.25. The van der Waals surface area contributed by atoms with Crippen LogP contribution in [0.25, 0.3) is 11.4 Å². The second-order valence-electron chi connectivity index (χ2n) is 4.67. The number of aryl methyl sites for hydroxylation is 1. The molecule has 0 amide bonds. The molecule has 0 radical (unpaired) electrons. The van der Waals surface area contributed by atoms with Crippen molar-refractivity contribution in [3.8, 4) is 11.4 Å². The van der Waals surface area contributed by atoms with Crippen molar-refractivity contribution >= 4 is 23.4 Å². The third-order valence-corrected chi connectivity index (χ3v) is 3.74. The molecule has 0 unspecified atom stereocenters. The Kier molecular flexibility index (Phi) is 3.02. The third-order valence-electron chi connectivity index (χ3n) is 3.28. The minimum Gasteiger partial charge on any atom is -0.368 e. The number of nitrogens with zero attached hydrogens (tertiary/aromatic N) is 4. The van der Waals surface area contributed by atoms with Crippen molar-refractivity contribution in [2.24, 2.45) is 0 Å². The van der Waals surface area contributed by atoms with Crippen LogP contribution >= 0.6 is 11.6 Å². The van der Waals surface area contributed by atoms with E-state index in [9.17, 15) is 0 Å². The normalized spacial score (nSPS) is 15.2. The van der Waals surface area contributed by atoms with Crippen LogP contribution in [0.2, 0.25) is 5.02 Å². The number of nitrogens with two attached hydrogens (primary N) is 1. The molecule has 1 aliphatic heterocycles. The molecule has 0 aromatic carbocycles. The monoisotopic (exact) mass is 278 g/mol. The number of hydrogen-bond donors (Lipinski definition) is 2. The summed E-state index contributed by atoms with van der Waals surface area (Å²) in [6, 6.07) is 1.89. The number of hydrogen-bond acceptors (Lipinski definition) is 5. The highest BCUT2D eigenvalue weighted by Crippen LogP contribution is 2.29. The van der Waals surface area contributed by atoms with Gasteiger partial charge in [-0.1, -0.05) is 11.6 Å². The molecule has 0 bridgehead atoms. The van der Waals surface area contributed by atoms with Gasteiger partial charge in [-0.2, -0.15) is 10.1 Å². The molecule has 1 fully saturated rings. The zero-order valence-electron chi connectivity index (χ0n) is 10.6. The highest BCUT2D eigenvalue weighted by Gasteiger charge is 2.18. The van der Waals surface area contributed by atoms with Gasteiger partial charge in [0.25, 0.3) is 0 Å². The quantitative estimate of drug-likeness (QED) is 0.878. The molecule has 3 heterocycles. The van der Waals surface area contributed by atoms with E-state index < -0.39 is 0 Å². The Morgan fingerprint density at radius 2 is 2.05 bits per heavy atom. The summed E-state index contributed by atoms with van der Waals surface area (Å²) in [7, 11) is 0. The van der Waals surface area contributed by atoms with E-state index in [2.05, 4.69) is 25.1 Å². The van der Waals surface area contributed by atoms with Crippen molar-refractivity contribution in [1.82, 2.24) is 20.2 Å². The Hall–Kier alpha value is -1.82. The maximum absolute atomic E-state index is 6.20. The van der Waals surface area contributed by atoms with Crippen molar-refractivity contribution in [2.45, 2.75) is 19.8 Å². The van der Waals surface area contributed by atoms with Gasteiger partial charge in [-0.25, -0.2) is 4.98 Å². The molecule has 3 N–H and O–H groups in total. The van der Waals surface area contributed by atoms with Crippen LogP contribution < -0.4 is 10.6 Å². The summed E-state index contributed by atoms with van der Waals surface area (Å²) in [5, 5.41) is 7.59. The van der Waals surface area contributed by atoms with Crippen LogP contribution in [-0.4, -0.2) is 33.3 Å². The average Bonchev–Trinajstić information content (AvgIpc) is 3.01. The fourth-order valence-electron chi connectivity index (χ4n) is 2.27. The molecule has 1 aliphatic rings. The van der Waals surface area contributed by atoms with Crippen molar-refractivity contribution in [3.05, 3.63) is 16.8 Å². The van der Waals surface area contributed by atoms with Gasteiger partial charge in [-0.15, -0.1) is 0 Å². The predicted octanol–water partition coefficient (Wildman–Crippen LogP) is 2.01. The maximum Gasteiger partial charge on any atom is 0.222 e. The number of H-pyrrole nitrogens is 1. The topological polar surface area (TPSA) is 83.7 Å². The van der Waals surface area contributed by atoms with E-state index in [1.807, 2.05) is 13.0 Å². The Morgan fingerprint density at radius 1 is 1.32 bits per heavy atom. The zero-order valence-corrected chi connectivity index (χ0v) is 11.4. The Labute approximate surface area is 116 Å². The summed E-state index contributed by atoms with van der Waals surface area (Å²) in [4.78, 5) is 10.7. The van der Waals surface area contributed by atoms with E-state index in [1.54, 1.807) is 0 Å². The molecule has 3 rings (SSSR count). The number of aromatic nitrogens is 4. The number of aromatic amines is 1. The van der Waals surface area contributed by atoms with E-state index in [0.29, 0.717) is 16.4 Å². The van der Waals surface area contributed by atoms with Crippen LogP contribution in [0.3, 0.4) is 0 Å². The molecule has 0 saturated carbocycles. The SMILES string of the molecule is Cc1[nH]nc(-c2cc(N3CCCC3)nc(N)n2)c1Cl. The number of rotatable bonds is 2. The van der Waals surface area contributed by atoms with Gasteiger partial charge in [0, 0.05) is 19.2 Å². The molecule has 6 nitrogen and oxygen atoms in total. The average molecular weight is 279 g/mol. The number of halogens is 1. The molecule has 0 spiro atoms.